The third-order valence-electron chi connectivity index (χ3n) is 3.86. The largest absolute Gasteiger partial charge is 0.464 e. The number of nitrogens with two attached hydrogens (primary N) is 1. The molecule has 0 fully saturated rings. The Morgan fingerprint density at radius 3 is 2.48 bits per heavy atom. The Kier molecular flexibility index (Phi) is 4.07. The Morgan fingerprint density at radius 1 is 0.952 bits per heavy atom. The Bertz CT molecular complexity index is 713. The maximum Gasteiger partial charge on any atom is 0.137 e. The van der Waals surface area contributed by atoms with Gasteiger partial charge in [0.1, 0.15) is 5.58 Å². The van der Waals surface area contributed by atoms with Gasteiger partial charge in [-0.15, -0.1) is 0 Å². The minimum Gasteiger partial charge on any atom is -0.464 e. The van der Waals surface area contributed by atoms with Gasteiger partial charge in [-0.05, 0) is 48.9 Å². The maximum absolute atomic E-state index is 5.92. The summed E-state index contributed by atoms with van der Waals surface area (Å²) in [5.74, 6) is 0. The highest BCUT2D eigenvalue weighted by Gasteiger charge is 2.10. The van der Waals surface area contributed by atoms with Gasteiger partial charge in [-0.2, -0.15) is 0 Å². The van der Waals surface area contributed by atoms with Crippen LogP contribution in [0.5, 0.6) is 0 Å². The number of fused-ring (bicyclic) bond motifs is 1. The van der Waals surface area contributed by atoms with Gasteiger partial charge in [0.05, 0.1) is 6.26 Å². The van der Waals surface area contributed by atoms with Crippen molar-refractivity contribution in [1.29, 1.82) is 0 Å². The molecule has 0 aliphatic carbocycles. The van der Waals surface area contributed by atoms with Crippen LogP contribution in [-0.4, -0.2) is 6.04 Å². The molecule has 0 spiro atoms. The lowest BCUT2D eigenvalue weighted by Crippen LogP contribution is -2.17. The predicted octanol–water partition coefficient (Wildman–Crippen LogP) is 4.11. The highest BCUT2D eigenvalue weighted by molar-refractivity contribution is 5.84. The van der Waals surface area contributed by atoms with Gasteiger partial charge in [0.2, 0.25) is 0 Å². The summed E-state index contributed by atoms with van der Waals surface area (Å²) in [4.78, 5) is 0. The molecule has 0 amide bonds. The second kappa shape index (κ2) is 6.15. The second-order valence-electron chi connectivity index (χ2n) is 5.71. The van der Waals surface area contributed by atoms with Crippen LogP contribution in [0.4, 0.5) is 0 Å². The van der Waals surface area contributed by atoms with Crippen LogP contribution < -0.4 is 5.73 Å². The van der Waals surface area contributed by atoms with Crippen LogP contribution in [0.25, 0.3) is 11.0 Å². The van der Waals surface area contributed by atoms with E-state index in [9.17, 15) is 0 Å². The van der Waals surface area contributed by atoms with Crippen molar-refractivity contribution in [2.75, 3.05) is 0 Å². The van der Waals surface area contributed by atoms with E-state index in [1.165, 1.54) is 22.1 Å². The Hall–Kier alpha value is -2.06. The van der Waals surface area contributed by atoms with Crippen molar-refractivity contribution in [2.24, 2.45) is 5.73 Å². The second-order valence-corrected chi connectivity index (χ2v) is 5.71. The number of hydrogen-bond donors (Lipinski definition) is 1. The molecule has 1 unspecified atom stereocenters. The van der Waals surface area contributed by atoms with E-state index < -0.39 is 0 Å². The van der Waals surface area contributed by atoms with Crippen LogP contribution in [0.2, 0.25) is 0 Å². The SMILES string of the molecule is CC(N)Cc1ccc(CCc2ccccc2)c2ccoc12. The molecule has 3 aromatic rings. The molecule has 108 valence electrons. The Labute approximate surface area is 125 Å². The van der Waals surface area contributed by atoms with Crippen molar-refractivity contribution in [3.8, 4) is 0 Å². The highest BCUT2D eigenvalue weighted by Crippen LogP contribution is 2.26. The molecule has 2 aromatic carbocycles. The Morgan fingerprint density at radius 2 is 1.71 bits per heavy atom. The van der Waals surface area contributed by atoms with E-state index >= 15 is 0 Å². The quantitative estimate of drug-likeness (QED) is 0.763. The summed E-state index contributed by atoms with van der Waals surface area (Å²) >= 11 is 0. The van der Waals surface area contributed by atoms with Gasteiger partial charge in [0, 0.05) is 11.4 Å². The molecule has 0 saturated heterocycles. The van der Waals surface area contributed by atoms with E-state index in [4.69, 9.17) is 10.2 Å². The molecular weight excluding hydrogens is 258 g/mol. The van der Waals surface area contributed by atoms with E-state index in [0.29, 0.717) is 0 Å². The zero-order valence-electron chi connectivity index (χ0n) is 12.4. The zero-order chi connectivity index (χ0) is 14.7. The summed E-state index contributed by atoms with van der Waals surface area (Å²) in [6.45, 7) is 2.03. The molecule has 1 atom stereocenters. The molecule has 2 nitrogen and oxygen atoms in total. The molecule has 0 bridgehead atoms. The van der Waals surface area contributed by atoms with Crippen molar-refractivity contribution in [1.82, 2.24) is 0 Å². The lowest BCUT2D eigenvalue weighted by atomic mass is 9.97. The number of hydrogen-bond acceptors (Lipinski definition) is 2. The van der Waals surface area contributed by atoms with Gasteiger partial charge in [0.15, 0.2) is 0 Å². The van der Waals surface area contributed by atoms with Crippen LogP contribution in [-0.2, 0) is 19.3 Å². The lowest BCUT2D eigenvalue weighted by Gasteiger charge is -2.09. The number of benzene rings is 2. The summed E-state index contributed by atoms with van der Waals surface area (Å²) in [5, 5.41) is 1.23. The van der Waals surface area contributed by atoms with Crippen LogP contribution in [0.15, 0.2) is 59.2 Å². The summed E-state index contributed by atoms with van der Waals surface area (Å²) < 4.78 is 5.69. The normalized spacial score (nSPS) is 12.7. The van der Waals surface area contributed by atoms with E-state index in [-0.39, 0.29) is 6.04 Å². The van der Waals surface area contributed by atoms with Crippen LogP contribution >= 0.6 is 0 Å². The van der Waals surface area contributed by atoms with Crippen molar-refractivity contribution >= 4 is 11.0 Å². The monoisotopic (exact) mass is 279 g/mol. The van der Waals surface area contributed by atoms with E-state index in [0.717, 1.165) is 24.8 Å². The first kappa shape index (κ1) is 13.9. The smallest absolute Gasteiger partial charge is 0.137 e. The first-order chi connectivity index (χ1) is 10.2. The fourth-order valence-corrected chi connectivity index (χ4v) is 2.83. The minimum absolute atomic E-state index is 0.147. The molecule has 1 aromatic heterocycles. The first-order valence-electron chi connectivity index (χ1n) is 7.51. The third kappa shape index (κ3) is 3.17. The molecule has 1 heterocycles. The molecule has 2 N–H and O–H groups in total. The average Bonchev–Trinajstić information content (AvgIpc) is 2.97. The molecule has 3 rings (SSSR count). The van der Waals surface area contributed by atoms with E-state index in [1.54, 1.807) is 6.26 Å². The van der Waals surface area contributed by atoms with Gasteiger partial charge in [-0.3, -0.25) is 0 Å². The zero-order valence-corrected chi connectivity index (χ0v) is 12.4. The summed E-state index contributed by atoms with van der Waals surface area (Å²) in [6, 6.07) is 17.2. The summed E-state index contributed by atoms with van der Waals surface area (Å²) in [5.41, 5.74) is 10.8. The molecule has 2 heteroatoms. The topological polar surface area (TPSA) is 39.2 Å². The van der Waals surface area contributed by atoms with E-state index in [1.807, 2.05) is 6.92 Å². The first-order valence-corrected chi connectivity index (χ1v) is 7.51. The molecule has 21 heavy (non-hydrogen) atoms. The minimum atomic E-state index is 0.147. The highest BCUT2D eigenvalue weighted by atomic mass is 16.3. The molecular formula is C19H21NO. The van der Waals surface area contributed by atoms with Gasteiger partial charge >= 0.3 is 0 Å². The molecule has 0 saturated carbocycles. The fraction of sp³-hybridized carbons (Fsp3) is 0.263. The van der Waals surface area contributed by atoms with Gasteiger partial charge in [0.25, 0.3) is 0 Å². The molecule has 0 aliphatic heterocycles. The van der Waals surface area contributed by atoms with Gasteiger partial charge in [-0.1, -0.05) is 42.5 Å². The standard InChI is InChI=1S/C19H21NO/c1-14(20)13-17-10-9-16(18-11-12-21-19(17)18)8-7-15-5-3-2-4-6-15/h2-6,9-12,14H,7-8,13,20H2,1H3. The van der Waals surface area contributed by atoms with Gasteiger partial charge in [-0.25, -0.2) is 0 Å². The molecule has 0 radical (unpaired) electrons. The number of furan rings is 1. The van der Waals surface area contributed by atoms with Crippen molar-refractivity contribution < 1.29 is 4.42 Å². The number of rotatable bonds is 5. The fourth-order valence-electron chi connectivity index (χ4n) is 2.83. The van der Waals surface area contributed by atoms with Crippen molar-refractivity contribution in [3.63, 3.8) is 0 Å². The lowest BCUT2D eigenvalue weighted by molar-refractivity contribution is 0.606. The van der Waals surface area contributed by atoms with E-state index in [2.05, 4.69) is 48.5 Å². The predicted molar refractivity (Wildman–Crippen MR) is 87.4 cm³/mol. The third-order valence-corrected chi connectivity index (χ3v) is 3.86. The van der Waals surface area contributed by atoms with Crippen LogP contribution in [0.3, 0.4) is 0 Å². The summed E-state index contributed by atoms with van der Waals surface area (Å²) in [6.07, 6.45) is 4.70. The average molecular weight is 279 g/mol. The summed E-state index contributed by atoms with van der Waals surface area (Å²) in [7, 11) is 0. The Balaban J connectivity index is 1.85. The van der Waals surface area contributed by atoms with Crippen LogP contribution in [0, 0.1) is 0 Å². The van der Waals surface area contributed by atoms with Crippen LogP contribution in [0.1, 0.15) is 23.6 Å². The maximum atomic E-state index is 5.92. The number of aryl methyl sites for hydroxylation is 2. The van der Waals surface area contributed by atoms with Gasteiger partial charge < -0.3 is 10.2 Å². The van der Waals surface area contributed by atoms with Crippen molar-refractivity contribution in [2.45, 2.75) is 32.2 Å². The molecule has 0 aliphatic rings. The van der Waals surface area contributed by atoms with Crippen molar-refractivity contribution in [3.05, 3.63) is 71.5 Å².